The number of hydrogen-bond donors (Lipinski definition) is 1. The van der Waals surface area contributed by atoms with E-state index in [2.05, 4.69) is 4.74 Å². The summed E-state index contributed by atoms with van der Waals surface area (Å²) >= 11 is 0. The van der Waals surface area contributed by atoms with Gasteiger partial charge in [-0.25, -0.2) is 4.79 Å². The van der Waals surface area contributed by atoms with Gasteiger partial charge in [-0.15, -0.1) is 0 Å². The molecule has 4 nitrogen and oxygen atoms in total. The molecule has 17 heavy (non-hydrogen) atoms. The maximum atomic E-state index is 10.8. The number of allylic oxidation sites excluding steroid dienone is 2. The van der Waals surface area contributed by atoms with Crippen molar-refractivity contribution in [1.29, 1.82) is 0 Å². The van der Waals surface area contributed by atoms with Crippen LogP contribution in [-0.2, 0) is 9.53 Å². The van der Waals surface area contributed by atoms with Crippen molar-refractivity contribution in [2.45, 2.75) is 0 Å². The van der Waals surface area contributed by atoms with E-state index in [0.717, 1.165) is 5.56 Å². The zero-order valence-electron chi connectivity index (χ0n) is 9.71. The van der Waals surface area contributed by atoms with Crippen molar-refractivity contribution >= 4 is 12.0 Å². The molecule has 0 aromatic heterocycles. The maximum absolute atomic E-state index is 10.8. The molecule has 1 aromatic carbocycles. The number of esters is 1. The van der Waals surface area contributed by atoms with Crippen molar-refractivity contribution in [1.82, 2.24) is 0 Å². The van der Waals surface area contributed by atoms with Crippen LogP contribution in [0.1, 0.15) is 5.56 Å². The van der Waals surface area contributed by atoms with E-state index in [0.29, 0.717) is 5.75 Å². The van der Waals surface area contributed by atoms with Crippen molar-refractivity contribution in [2.24, 2.45) is 0 Å². The van der Waals surface area contributed by atoms with Gasteiger partial charge in [-0.1, -0.05) is 24.3 Å². The van der Waals surface area contributed by atoms with E-state index in [1.807, 2.05) is 0 Å². The van der Waals surface area contributed by atoms with Crippen LogP contribution in [0.5, 0.6) is 11.5 Å². The molecular formula is C13H14O4. The minimum absolute atomic E-state index is 0.0924. The fraction of sp³-hybridized carbons (Fsp3) is 0.154. The lowest BCUT2D eigenvalue weighted by Gasteiger charge is -2.03. The molecule has 0 spiro atoms. The first-order valence-electron chi connectivity index (χ1n) is 4.97. The van der Waals surface area contributed by atoms with Crippen LogP contribution in [0.4, 0.5) is 0 Å². The Labute approximate surface area is 99.8 Å². The summed E-state index contributed by atoms with van der Waals surface area (Å²) < 4.78 is 9.41. The molecular weight excluding hydrogens is 220 g/mol. The van der Waals surface area contributed by atoms with Gasteiger partial charge in [-0.2, -0.15) is 0 Å². The number of phenolic OH excluding ortho intramolecular Hbond substituents is 1. The van der Waals surface area contributed by atoms with Gasteiger partial charge >= 0.3 is 5.97 Å². The summed E-state index contributed by atoms with van der Waals surface area (Å²) in [7, 11) is 2.81. The second kappa shape index (κ2) is 6.37. The second-order valence-electron chi connectivity index (χ2n) is 3.17. The Morgan fingerprint density at radius 1 is 1.29 bits per heavy atom. The van der Waals surface area contributed by atoms with Crippen molar-refractivity contribution < 1.29 is 19.4 Å². The Balaban J connectivity index is 2.72. The SMILES string of the molecule is COC(=O)/C=C\C=C\c1ccc(O)c(OC)c1. The topological polar surface area (TPSA) is 55.8 Å². The first-order chi connectivity index (χ1) is 8.17. The highest BCUT2D eigenvalue weighted by Gasteiger charge is 1.99. The standard InChI is InChI=1S/C13H14O4/c1-16-12-9-10(7-8-11(12)14)5-3-4-6-13(15)17-2/h3-9,14H,1-2H3/b5-3+,6-4-. The van der Waals surface area contributed by atoms with Gasteiger partial charge in [0.05, 0.1) is 14.2 Å². The number of methoxy groups -OCH3 is 2. The Kier molecular flexibility index (Phi) is 4.81. The molecule has 0 fully saturated rings. The van der Waals surface area contributed by atoms with Gasteiger partial charge in [0.25, 0.3) is 0 Å². The van der Waals surface area contributed by atoms with Crippen LogP contribution in [0.25, 0.3) is 6.08 Å². The predicted molar refractivity (Wildman–Crippen MR) is 64.8 cm³/mol. The first-order valence-corrected chi connectivity index (χ1v) is 4.97. The number of rotatable bonds is 4. The van der Waals surface area contributed by atoms with Gasteiger partial charge in [-0.05, 0) is 17.7 Å². The van der Waals surface area contributed by atoms with E-state index < -0.39 is 5.97 Å². The normalized spacial score (nSPS) is 10.9. The average molecular weight is 234 g/mol. The molecule has 1 rings (SSSR count). The second-order valence-corrected chi connectivity index (χ2v) is 3.17. The zero-order valence-corrected chi connectivity index (χ0v) is 9.71. The number of ether oxygens (including phenoxy) is 2. The highest BCUT2D eigenvalue weighted by atomic mass is 16.5. The molecule has 1 N–H and O–H groups in total. The molecule has 0 unspecified atom stereocenters. The summed E-state index contributed by atoms with van der Waals surface area (Å²) in [4.78, 5) is 10.8. The van der Waals surface area contributed by atoms with Gasteiger partial charge in [0, 0.05) is 6.08 Å². The maximum Gasteiger partial charge on any atom is 0.330 e. The summed E-state index contributed by atoms with van der Waals surface area (Å²) in [6.07, 6.45) is 6.36. The lowest BCUT2D eigenvalue weighted by Crippen LogP contribution is -1.92. The number of aromatic hydroxyl groups is 1. The Hall–Kier alpha value is -2.23. The Morgan fingerprint density at radius 3 is 2.71 bits per heavy atom. The Bertz CT molecular complexity index is 447. The monoisotopic (exact) mass is 234 g/mol. The van der Waals surface area contributed by atoms with Crippen LogP contribution in [-0.4, -0.2) is 25.3 Å². The quantitative estimate of drug-likeness (QED) is 0.492. The van der Waals surface area contributed by atoms with E-state index in [1.165, 1.54) is 20.3 Å². The van der Waals surface area contributed by atoms with Crippen molar-refractivity contribution in [3.8, 4) is 11.5 Å². The lowest BCUT2D eigenvalue weighted by atomic mass is 10.2. The zero-order chi connectivity index (χ0) is 12.7. The fourth-order valence-electron chi connectivity index (χ4n) is 1.17. The number of carbonyl (C=O) groups excluding carboxylic acids is 1. The van der Waals surface area contributed by atoms with Crippen LogP contribution >= 0.6 is 0 Å². The number of hydrogen-bond acceptors (Lipinski definition) is 4. The van der Waals surface area contributed by atoms with E-state index in [9.17, 15) is 9.90 Å². The van der Waals surface area contributed by atoms with E-state index in [4.69, 9.17) is 4.74 Å². The molecule has 0 saturated carbocycles. The third-order valence-corrected chi connectivity index (χ3v) is 2.04. The molecule has 1 aromatic rings. The summed E-state index contributed by atoms with van der Waals surface area (Å²) in [5.41, 5.74) is 0.856. The first kappa shape index (κ1) is 12.8. The van der Waals surface area contributed by atoms with Gasteiger partial charge in [0.2, 0.25) is 0 Å². The third kappa shape index (κ3) is 4.03. The van der Waals surface area contributed by atoms with Gasteiger partial charge in [0.1, 0.15) is 0 Å². The van der Waals surface area contributed by atoms with Crippen LogP contribution < -0.4 is 4.74 Å². The molecule has 0 heterocycles. The highest BCUT2D eigenvalue weighted by Crippen LogP contribution is 2.26. The van der Waals surface area contributed by atoms with Gasteiger partial charge in [-0.3, -0.25) is 0 Å². The van der Waals surface area contributed by atoms with Crippen molar-refractivity contribution in [3.63, 3.8) is 0 Å². The summed E-state index contributed by atoms with van der Waals surface area (Å²) in [5.74, 6) is 0.0942. The molecule has 90 valence electrons. The van der Waals surface area contributed by atoms with E-state index in [-0.39, 0.29) is 5.75 Å². The number of phenols is 1. The fourth-order valence-corrected chi connectivity index (χ4v) is 1.17. The molecule has 4 heteroatoms. The summed E-state index contributed by atoms with van der Waals surface area (Å²) in [6.45, 7) is 0. The van der Waals surface area contributed by atoms with E-state index >= 15 is 0 Å². The highest BCUT2D eigenvalue weighted by molar-refractivity contribution is 5.82. The number of carbonyl (C=O) groups is 1. The predicted octanol–water partition coefficient (Wildman–Crippen LogP) is 2.14. The summed E-state index contributed by atoms with van der Waals surface area (Å²) in [5, 5.41) is 9.39. The van der Waals surface area contributed by atoms with Crippen LogP contribution in [0.3, 0.4) is 0 Å². The van der Waals surface area contributed by atoms with E-state index in [1.54, 1.807) is 36.4 Å². The van der Waals surface area contributed by atoms with Gasteiger partial charge in [0.15, 0.2) is 11.5 Å². The third-order valence-electron chi connectivity index (χ3n) is 2.04. The number of benzene rings is 1. The minimum Gasteiger partial charge on any atom is -0.504 e. The molecule has 0 amide bonds. The van der Waals surface area contributed by atoms with Crippen LogP contribution in [0, 0.1) is 0 Å². The van der Waals surface area contributed by atoms with Crippen molar-refractivity contribution in [2.75, 3.05) is 14.2 Å². The molecule has 0 aliphatic rings. The molecule has 0 bridgehead atoms. The largest absolute Gasteiger partial charge is 0.504 e. The molecule has 0 aliphatic carbocycles. The molecule has 0 aliphatic heterocycles. The minimum atomic E-state index is -0.405. The molecule has 0 atom stereocenters. The average Bonchev–Trinajstić information content (AvgIpc) is 2.36. The smallest absolute Gasteiger partial charge is 0.330 e. The van der Waals surface area contributed by atoms with Crippen LogP contribution in [0.15, 0.2) is 36.4 Å². The molecule has 0 saturated heterocycles. The summed E-state index contributed by atoms with van der Waals surface area (Å²) in [6, 6.07) is 4.97. The lowest BCUT2D eigenvalue weighted by molar-refractivity contribution is -0.134. The van der Waals surface area contributed by atoms with Crippen molar-refractivity contribution in [3.05, 3.63) is 42.0 Å². The van der Waals surface area contributed by atoms with Crippen LogP contribution in [0.2, 0.25) is 0 Å². The molecule has 0 radical (unpaired) electrons. The van der Waals surface area contributed by atoms with Gasteiger partial charge < -0.3 is 14.6 Å². The Morgan fingerprint density at radius 2 is 2.06 bits per heavy atom.